The summed E-state index contributed by atoms with van der Waals surface area (Å²) in [6.45, 7) is 8.45. The number of aromatic nitrogens is 3. The number of rotatable bonds is 8. The summed E-state index contributed by atoms with van der Waals surface area (Å²) in [4.78, 5) is 43.6. The molecule has 0 saturated carbocycles. The van der Waals surface area contributed by atoms with E-state index in [1.54, 1.807) is 17.4 Å². The Morgan fingerprint density at radius 3 is 2.60 bits per heavy atom. The minimum Gasteiger partial charge on any atom is -0.444 e. The quantitative estimate of drug-likeness (QED) is 0.196. The summed E-state index contributed by atoms with van der Waals surface area (Å²) in [6.07, 6.45) is 9.23. The van der Waals surface area contributed by atoms with Crippen molar-refractivity contribution < 1.29 is 14.3 Å². The normalized spacial score (nSPS) is 18.1. The van der Waals surface area contributed by atoms with Gasteiger partial charge in [0.25, 0.3) is 0 Å². The Labute approximate surface area is 296 Å². The van der Waals surface area contributed by atoms with Gasteiger partial charge in [0, 0.05) is 67.4 Å². The van der Waals surface area contributed by atoms with E-state index in [0.717, 1.165) is 52.7 Å². The molecule has 3 heterocycles. The van der Waals surface area contributed by atoms with E-state index in [-0.39, 0.29) is 11.9 Å². The highest BCUT2D eigenvalue weighted by Gasteiger charge is 2.43. The smallest absolute Gasteiger partial charge is 0.411 e. The van der Waals surface area contributed by atoms with Crippen molar-refractivity contribution in [2.45, 2.75) is 70.8 Å². The molecular weight excluding hydrogens is 692 g/mol. The summed E-state index contributed by atoms with van der Waals surface area (Å²) in [5, 5.41) is 0.697. The highest BCUT2D eigenvalue weighted by atomic mass is 79.9. The van der Waals surface area contributed by atoms with Gasteiger partial charge in [0.2, 0.25) is 5.91 Å². The topological polar surface area (TPSA) is 83.8 Å². The SMILES string of the molecule is CC(C)(C)OC(=O)N1CCN([C@H]2c3ccc(Cl)cc3CCc3cc(Br)cnc32)C[C@@H]1C(=O)N(CCCn1ccnc1)Cc1ccccc1. The molecule has 2 aliphatic rings. The molecule has 2 aromatic carbocycles. The van der Waals surface area contributed by atoms with E-state index in [9.17, 15) is 9.59 Å². The molecule has 252 valence electrons. The molecule has 0 bridgehead atoms. The van der Waals surface area contributed by atoms with Crippen molar-refractivity contribution in [2.24, 2.45) is 0 Å². The zero-order valence-electron chi connectivity index (χ0n) is 27.7. The van der Waals surface area contributed by atoms with Crippen LogP contribution in [0.5, 0.6) is 0 Å². The molecule has 2 aromatic heterocycles. The summed E-state index contributed by atoms with van der Waals surface area (Å²) < 4.78 is 8.82. The standard InChI is InChI=1S/C37H42BrClN6O3/c1-37(2,3)48-36(47)45-19-18-43(34-31-13-12-30(39)21-27(31)10-11-28-20-29(38)22-41-33(28)34)24-32(45)35(46)44(23-26-8-5-4-6-9-26)16-7-15-42-17-14-40-25-42/h4-6,8-9,12-14,17,20-22,25,32,34H,7,10-11,15-16,18-19,23-24H2,1-3H3/t32-,34+/m1/s1. The number of ether oxygens (including phenoxy) is 1. The van der Waals surface area contributed by atoms with Crippen molar-refractivity contribution in [3.8, 4) is 0 Å². The second-order valence-electron chi connectivity index (χ2n) is 13.5. The van der Waals surface area contributed by atoms with E-state index in [1.165, 1.54) is 5.56 Å². The van der Waals surface area contributed by atoms with Crippen LogP contribution in [0.3, 0.4) is 0 Å². The lowest BCUT2D eigenvalue weighted by atomic mass is 9.95. The van der Waals surface area contributed by atoms with Gasteiger partial charge in [-0.25, -0.2) is 9.78 Å². The number of benzene rings is 2. The average molecular weight is 734 g/mol. The molecule has 1 aliphatic heterocycles. The third kappa shape index (κ3) is 8.10. The number of piperazine rings is 1. The van der Waals surface area contributed by atoms with Gasteiger partial charge in [-0.05, 0) is 96.4 Å². The molecule has 2 amide bonds. The van der Waals surface area contributed by atoms with Crippen LogP contribution in [0.15, 0.2) is 84.0 Å². The van der Waals surface area contributed by atoms with E-state index in [2.05, 4.69) is 37.9 Å². The van der Waals surface area contributed by atoms with Crippen LogP contribution in [0.4, 0.5) is 4.79 Å². The van der Waals surface area contributed by atoms with E-state index in [4.69, 9.17) is 21.3 Å². The molecule has 2 atom stereocenters. The second kappa shape index (κ2) is 14.8. The number of hydrogen-bond donors (Lipinski definition) is 0. The molecule has 9 nitrogen and oxygen atoms in total. The molecule has 11 heteroatoms. The number of nitrogens with zero attached hydrogens (tertiary/aromatic N) is 6. The number of fused-ring (bicyclic) bond motifs is 2. The largest absolute Gasteiger partial charge is 0.444 e. The van der Waals surface area contributed by atoms with Crippen molar-refractivity contribution in [1.82, 2.24) is 29.2 Å². The molecule has 4 aromatic rings. The molecule has 6 rings (SSSR count). The van der Waals surface area contributed by atoms with Crippen LogP contribution in [-0.2, 0) is 35.5 Å². The van der Waals surface area contributed by atoms with E-state index in [1.807, 2.05) is 85.1 Å². The highest BCUT2D eigenvalue weighted by molar-refractivity contribution is 9.10. The first kappa shape index (κ1) is 34.1. The monoisotopic (exact) mass is 732 g/mol. The molecule has 48 heavy (non-hydrogen) atoms. The first-order valence-electron chi connectivity index (χ1n) is 16.5. The van der Waals surface area contributed by atoms with Crippen LogP contribution in [0.25, 0.3) is 0 Å². The Bertz CT molecular complexity index is 1680. The van der Waals surface area contributed by atoms with Crippen LogP contribution in [-0.4, -0.2) is 79.1 Å². The van der Waals surface area contributed by atoms with Crippen molar-refractivity contribution in [1.29, 1.82) is 0 Å². The number of carbonyl (C=O) groups excluding carboxylic acids is 2. The van der Waals surface area contributed by atoms with E-state index in [0.29, 0.717) is 37.7 Å². The van der Waals surface area contributed by atoms with Gasteiger partial charge in [-0.3, -0.25) is 19.6 Å². The molecule has 1 aliphatic carbocycles. The summed E-state index contributed by atoms with van der Waals surface area (Å²) in [5.41, 5.74) is 4.76. The minimum absolute atomic E-state index is 0.103. The third-order valence-corrected chi connectivity index (χ3v) is 9.58. The fraction of sp³-hybridized carbons (Fsp3) is 0.405. The predicted octanol–water partition coefficient (Wildman–Crippen LogP) is 6.92. The highest BCUT2D eigenvalue weighted by Crippen LogP contribution is 2.39. The maximum Gasteiger partial charge on any atom is 0.411 e. The average Bonchev–Trinajstić information content (AvgIpc) is 3.52. The number of imidazole rings is 1. The van der Waals surface area contributed by atoms with Crippen molar-refractivity contribution >= 4 is 39.5 Å². The fourth-order valence-corrected chi connectivity index (χ4v) is 7.29. The predicted molar refractivity (Wildman–Crippen MR) is 190 cm³/mol. The number of aryl methyl sites for hydroxylation is 3. The maximum atomic E-state index is 14.8. The molecular formula is C37H42BrClN6O3. The Morgan fingerprint density at radius 1 is 1.06 bits per heavy atom. The molecule has 0 unspecified atom stereocenters. The van der Waals surface area contributed by atoms with Crippen LogP contribution in [0.1, 0.15) is 61.2 Å². The van der Waals surface area contributed by atoms with Crippen LogP contribution >= 0.6 is 27.5 Å². The van der Waals surface area contributed by atoms with Gasteiger partial charge in [0.15, 0.2) is 0 Å². The Morgan fingerprint density at radius 2 is 1.85 bits per heavy atom. The van der Waals surface area contributed by atoms with Crippen molar-refractivity contribution in [2.75, 3.05) is 26.2 Å². The lowest BCUT2D eigenvalue weighted by Crippen LogP contribution is -2.62. The second-order valence-corrected chi connectivity index (χ2v) is 14.9. The minimum atomic E-state index is -0.761. The Hall–Kier alpha value is -3.73. The van der Waals surface area contributed by atoms with Gasteiger partial charge in [0.05, 0.1) is 18.1 Å². The number of amides is 2. The van der Waals surface area contributed by atoms with Crippen molar-refractivity contribution in [3.05, 3.63) is 117 Å². The van der Waals surface area contributed by atoms with Gasteiger partial charge >= 0.3 is 6.09 Å². The zero-order valence-corrected chi connectivity index (χ0v) is 30.0. The van der Waals surface area contributed by atoms with Crippen LogP contribution in [0.2, 0.25) is 5.02 Å². The lowest BCUT2D eigenvalue weighted by Gasteiger charge is -2.45. The first-order chi connectivity index (χ1) is 23.1. The fourth-order valence-electron chi connectivity index (χ4n) is 6.72. The summed E-state index contributed by atoms with van der Waals surface area (Å²) in [5.74, 6) is -0.103. The molecule has 1 fully saturated rings. The van der Waals surface area contributed by atoms with Gasteiger partial charge in [0.1, 0.15) is 11.6 Å². The molecule has 0 spiro atoms. The maximum absolute atomic E-state index is 14.8. The van der Waals surface area contributed by atoms with Gasteiger partial charge in [-0.15, -0.1) is 0 Å². The summed E-state index contributed by atoms with van der Waals surface area (Å²) in [6, 6.07) is 17.2. The number of pyridine rings is 1. The summed E-state index contributed by atoms with van der Waals surface area (Å²) in [7, 11) is 0. The van der Waals surface area contributed by atoms with Crippen molar-refractivity contribution in [3.63, 3.8) is 0 Å². The molecule has 1 saturated heterocycles. The van der Waals surface area contributed by atoms with E-state index < -0.39 is 17.7 Å². The third-order valence-electron chi connectivity index (χ3n) is 8.91. The number of halogens is 2. The molecule has 0 N–H and O–H groups in total. The Kier molecular flexibility index (Phi) is 10.5. The lowest BCUT2D eigenvalue weighted by molar-refractivity contribution is -0.140. The number of hydrogen-bond acceptors (Lipinski definition) is 6. The van der Waals surface area contributed by atoms with Gasteiger partial charge < -0.3 is 14.2 Å². The first-order valence-corrected chi connectivity index (χ1v) is 17.7. The van der Waals surface area contributed by atoms with E-state index >= 15 is 0 Å². The van der Waals surface area contributed by atoms with Gasteiger partial charge in [-0.1, -0.05) is 48.0 Å². The summed E-state index contributed by atoms with van der Waals surface area (Å²) >= 11 is 10.1. The zero-order chi connectivity index (χ0) is 33.8. The van der Waals surface area contributed by atoms with Gasteiger partial charge in [-0.2, -0.15) is 0 Å². The number of carbonyl (C=O) groups is 2. The Balaban J connectivity index is 1.36. The van der Waals surface area contributed by atoms with Crippen LogP contribution in [0, 0.1) is 0 Å². The van der Waals surface area contributed by atoms with Crippen LogP contribution < -0.4 is 0 Å². The molecule has 0 radical (unpaired) electrons.